The molecule has 0 spiro atoms. The Hall–Kier alpha value is -1.35. The van der Waals surface area contributed by atoms with Gasteiger partial charge in [0.1, 0.15) is 6.10 Å². The Bertz CT molecular complexity index is 362. The highest BCUT2D eigenvalue weighted by Gasteiger charge is 2.24. The molecule has 3 heteroatoms. The first-order chi connectivity index (χ1) is 8.56. The first-order valence-corrected chi connectivity index (χ1v) is 6.47. The molecule has 0 aliphatic heterocycles. The van der Waals surface area contributed by atoms with Crippen LogP contribution in [0.15, 0.2) is 30.3 Å². The first kappa shape index (κ1) is 14.7. The summed E-state index contributed by atoms with van der Waals surface area (Å²) in [5.41, 5.74) is 1.04. The lowest BCUT2D eigenvalue weighted by atomic mass is 10.0. The van der Waals surface area contributed by atoms with E-state index in [9.17, 15) is 4.79 Å². The van der Waals surface area contributed by atoms with Crippen LogP contribution in [0.3, 0.4) is 0 Å². The Balaban J connectivity index is 2.85. The number of hydrogen-bond donors (Lipinski definition) is 0. The molecule has 0 fully saturated rings. The van der Waals surface area contributed by atoms with Gasteiger partial charge in [-0.05, 0) is 33.0 Å². The molecule has 0 aliphatic rings. The van der Waals surface area contributed by atoms with E-state index in [1.54, 1.807) is 0 Å². The Morgan fingerprint density at radius 3 is 2.39 bits per heavy atom. The van der Waals surface area contributed by atoms with E-state index >= 15 is 0 Å². The Labute approximate surface area is 110 Å². The van der Waals surface area contributed by atoms with E-state index in [1.807, 2.05) is 51.4 Å². The molecule has 3 nitrogen and oxygen atoms in total. The van der Waals surface area contributed by atoms with E-state index in [-0.39, 0.29) is 18.1 Å². The summed E-state index contributed by atoms with van der Waals surface area (Å²) in [7, 11) is 3.99. The van der Waals surface area contributed by atoms with E-state index in [4.69, 9.17) is 4.74 Å². The van der Waals surface area contributed by atoms with Crippen molar-refractivity contribution in [1.82, 2.24) is 4.90 Å². The minimum Gasteiger partial charge on any atom is -0.456 e. The van der Waals surface area contributed by atoms with Gasteiger partial charge in [-0.1, -0.05) is 37.3 Å². The second kappa shape index (κ2) is 7.17. The maximum atomic E-state index is 11.7. The Morgan fingerprint density at radius 2 is 1.89 bits per heavy atom. The number of rotatable bonds is 6. The van der Waals surface area contributed by atoms with Gasteiger partial charge in [0.25, 0.3) is 0 Å². The summed E-state index contributed by atoms with van der Waals surface area (Å²) in [6.07, 6.45) is 1.08. The molecule has 0 saturated heterocycles. The molecule has 1 aromatic carbocycles. The summed E-state index contributed by atoms with van der Waals surface area (Å²) in [5, 5.41) is 0. The van der Waals surface area contributed by atoms with Crippen LogP contribution in [0.25, 0.3) is 0 Å². The maximum absolute atomic E-state index is 11.7. The smallest absolute Gasteiger partial charge is 0.306 e. The molecule has 2 unspecified atom stereocenters. The van der Waals surface area contributed by atoms with Crippen molar-refractivity contribution in [3.8, 4) is 0 Å². The van der Waals surface area contributed by atoms with Gasteiger partial charge in [-0.25, -0.2) is 0 Å². The molecule has 0 radical (unpaired) electrons. The lowest BCUT2D eigenvalue weighted by Crippen LogP contribution is -2.33. The second-order valence-corrected chi connectivity index (χ2v) is 4.78. The van der Waals surface area contributed by atoms with Crippen molar-refractivity contribution in [2.75, 3.05) is 14.1 Å². The monoisotopic (exact) mass is 249 g/mol. The Kier molecular flexibility index (Phi) is 5.86. The standard InChI is InChI=1S/C15H23NO2/c1-5-9-14(17)18-15(12(2)16(3)4)13-10-7-6-8-11-13/h6-8,10-12,15H,5,9H2,1-4H3. The lowest BCUT2D eigenvalue weighted by molar-refractivity contribution is -0.152. The highest BCUT2D eigenvalue weighted by Crippen LogP contribution is 2.24. The number of likely N-dealkylation sites (N-methyl/N-ethyl adjacent to an activating group) is 1. The van der Waals surface area contributed by atoms with Crippen molar-refractivity contribution in [2.45, 2.75) is 38.8 Å². The summed E-state index contributed by atoms with van der Waals surface area (Å²) in [6.45, 7) is 4.05. The SMILES string of the molecule is CCCC(=O)OC(c1ccccc1)C(C)N(C)C. The van der Waals surface area contributed by atoms with Crippen molar-refractivity contribution in [3.05, 3.63) is 35.9 Å². The van der Waals surface area contributed by atoms with E-state index in [1.165, 1.54) is 0 Å². The van der Waals surface area contributed by atoms with E-state index in [2.05, 4.69) is 11.8 Å². The molecule has 1 rings (SSSR count). The van der Waals surface area contributed by atoms with Crippen LogP contribution >= 0.6 is 0 Å². The molecular formula is C15H23NO2. The fraction of sp³-hybridized carbons (Fsp3) is 0.533. The molecule has 0 heterocycles. The van der Waals surface area contributed by atoms with Crippen LogP contribution in [-0.2, 0) is 9.53 Å². The molecular weight excluding hydrogens is 226 g/mol. The highest BCUT2D eigenvalue weighted by molar-refractivity contribution is 5.69. The number of ether oxygens (including phenoxy) is 1. The number of hydrogen-bond acceptors (Lipinski definition) is 3. The van der Waals surface area contributed by atoms with Gasteiger partial charge in [-0.2, -0.15) is 0 Å². The van der Waals surface area contributed by atoms with Crippen LogP contribution in [0.1, 0.15) is 38.4 Å². The third-order valence-corrected chi connectivity index (χ3v) is 3.09. The normalized spacial score (nSPS) is 14.3. The van der Waals surface area contributed by atoms with Crippen LogP contribution in [0, 0.1) is 0 Å². The largest absolute Gasteiger partial charge is 0.456 e. The predicted molar refractivity (Wildman–Crippen MR) is 73.3 cm³/mol. The molecule has 100 valence electrons. The molecule has 18 heavy (non-hydrogen) atoms. The highest BCUT2D eigenvalue weighted by atomic mass is 16.5. The van der Waals surface area contributed by atoms with Gasteiger partial charge in [-0.3, -0.25) is 4.79 Å². The van der Waals surface area contributed by atoms with E-state index in [0.29, 0.717) is 6.42 Å². The van der Waals surface area contributed by atoms with E-state index in [0.717, 1.165) is 12.0 Å². The van der Waals surface area contributed by atoms with Crippen molar-refractivity contribution in [2.24, 2.45) is 0 Å². The molecule has 1 aromatic rings. The zero-order valence-electron chi connectivity index (χ0n) is 11.7. The average Bonchev–Trinajstić information content (AvgIpc) is 2.36. The third-order valence-electron chi connectivity index (χ3n) is 3.09. The summed E-state index contributed by atoms with van der Waals surface area (Å²) < 4.78 is 5.62. The molecule has 0 amide bonds. The van der Waals surface area contributed by atoms with Crippen molar-refractivity contribution < 1.29 is 9.53 Å². The summed E-state index contributed by atoms with van der Waals surface area (Å²) in [5.74, 6) is -0.125. The van der Waals surface area contributed by atoms with Crippen LogP contribution in [-0.4, -0.2) is 31.0 Å². The van der Waals surface area contributed by atoms with Crippen molar-refractivity contribution >= 4 is 5.97 Å². The third kappa shape index (κ3) is 4.15. The van der Waals surface area contributed by atoms with Crippen LogP contribution in [0.2, 0.25) is 0 Å². The average molecular weight is 249 g/mol. The predicted octanol–water partition coefficient (Wildman–Crippen LogP) is 3.02. The zero-order valence-corrected chi connectivity index (χ0v) is 11.7. The van der Waals surface area contributed by atoms with Gasteiger partial charge < -0.3 is 9.64 Å². The van der Waals surface area contributed by atoms with Crippen LogP contribution in [0.4, 0.5) is 0 Å². The van der Waals surface area contributed by atoms with Gasteiger partial charge >= 0.3 is 5.97 Å². The van der Waals surface area contributed by atoms with E-state index < -0.39 is 0 Å². The van der Waals surface area contributed by atoms with Gasteiger partial charge in [0, 0.05) is 12.5 Å². The zero-order chi connectivity index (χ0) is 13.5. The van der Waals surface area contributed by atoms with Crippen molar-refractivity contribution in [1.29, 1.82) is 0 Å². The number of benzene rings is 1. The minimum atomic E-state index is -0.208. The fourth-order valence-corrected chi connectivity index (χ4v) is 1.76. The lowest BCUT2D eigenvalue weighted by Gasteiger charge is -2.29. The number of carbonyl (C=O) groups excluding carboxylic acids is 1. The summed E-state index contributed by atoms with van der Waals surface area (Å²) >= 11 is 0. The molecule has 0 aliphatic carbocycles. The molecule has 0 aromatic heterocycles. The van der Waals surface area contributed by atoms with Crippen molar-refractivity contribution in [3.63, 3.8) is 0 Å². The van der Waals surface area contributed by atoms with Crippen LogP contribution in [0.5, 0.6) is 0 Å². The second-order valence-electron chi connectivity index (χ2n) is 4.78. The summed E-state index contributed by atoms with van der Waals surface area (Å²) in [6, 6.07) is 10.1. The minimum absolute atomic E-state index is 0.125. The van der Waals surface area contributed by atoms with Gasteiger partial charge in [0.05, 0.1) is 0 Å². The van der Waals surface area contributed by atoms with Gasteiger partial charge in [0.2, 0.25) is 0 Å². The molecule has 0 N–H and O–H groups in total. The quantitative estimate of drug-likeness (QED) is 0.726. The maximum Gasteiger partial charge on any atom is 0.306 e. The Morgan fingerprint density at radius 1 is 1.28 bits per heavy atom. The first-order valence-electron chi connectivity index (χ1n) is 6.47. The topological polar surface area (TPSA) is 29.5 Å². The molecule has 2 atom stereocenters. The van der Waals surface area contributed by atoms with Gasteiger partial charge in [-0.15, -0.1) is 0 Å². The molecule has 0 saturated carbocycles. The van der Waals surface area contributed by atoms with Gasteiger partial charge in [0.15, 0.2) is 0 Å². The summed E-state index contributed by atoms with van der Waals surface area (Å²) in [4.78, 5) is 13.8. The number of esters is 1. The van der Waals surface area contributed by atoms with Crippen LogP contribution < -0.4 is 0 Å². The number of carbonyl (C=O) groups is 1. The fourth-order valence-electron chi connectivity index (χ4n) is 1.76. The molecule has 0 bridgehead atoms. The number of nitrogens with zero attached hydrogens (tertiary/aromatic N) is 1.